The van der Waals surface area contributed by atoms with Gasteiger partial charge < -0.3 is 23.5 Å². The Hall–Kier alpha value is -5.21. The second-order valence-electron chi connectivity index (χ2n) is 9.78. The third-order valence-corrected chi connectivity index (χ3v) is 7.08. The number of fused-ring (bicyclic) bond motifs is 1. The number of carbonyl (C=O) groups is 3. The molecule has 1 aliphatic rings. The van der Waals surface area contributed by atoms with Gasteiger partial charge in [-0.1, -0.05) is 72.8 Å². The maximum absolute atomic E-state index is 13.3. The van der Waals surface area contributed by atoms with Crippen LogP contribution in [0.2, 0.25) is 0 Å². The van der Waals surface area contributed by atoms with Crippen molar-refractivity contribution in [1.29, 1.82) is 0 Å². The number of esters is 3. The van der Waals surface area contributed by atoms with E-state index in [9.17, 15) is 14.4 Å². The Morgan fingerprint density at radius 2 is 1.10 bits per heavy atom. The fourth-order valence-corrected chi connectivity index (χ4v) is 5.01. The Morgan fingerprint density at radius 3 is 1.69 bits per heavy atom. The van der Waals surface area contributed by atoms with E-state index in [-0.39, 0.29) is 6.61 Å². The van der Waals surface area contributed by atoms with E-state index in [1.165, 1.54) is 0 Å². The predicted molar refractivity (Wildman–Crippen MR) is 154 cm³/mol. The fraction of sp³-hybridized carbons (Fsp3) is 0.147. The summed E-state index contributed by atoms with van der Waals surface area (Å²) in [5.41, 5.74) is 1.85. The Kier molecular flexibility index (Phi) is 7.79. The topological polar surface area (TPSA) is 93.1 Å². The third-order valence-electron chi connectivity index (χ3n) is 7.08. The summed E-state index contributed by atoms with van der Waals surface area (Å²) >= 11 is 0. The van der Waals surface area contributed by atoms with Crippen molar-refractivity contribution in [2.45, 2.75) is 24.5 Å². The first-order chi connectivity index (χ1) is 20.6. The minimum atomic E-state index is -1.10. The standard InChI is InChI=1S/C34H27NO7/c36-32(24-13-4-1-5-14-24)39-22-28-29(41-33(37)25-15-6-2-7-16-25)30(42-34(38)26-17-8-3-9-18-26)31(40-28)35-21-20-23-12-10-11-19-27(23)35/h1-21,28-31H,22H2/t28-,29-,30-,31-/m1/s1. The molecule has 4 aromatic carbocycles. The molecule has 0 amide bonds. The Balaban J connectivity index is 1.36. The van der Waals surface area contributed by atoms with Gasteiger partial charge in [0.2, 0.25) is 0 Å². The number of para-hydroxylation sites is 1. The number of carbonyl (C=O) groups excluding carboxylic acids is 3. The zero-order chi connectivity index (χ0) is 28.9. The van der Waals surface area contributed by atoms with Crippen LogP contribution in [0.25, 0.3) is 10.9 Å². The Labute approximate surface area is 242 Å². The van der Waals surface area contributed by atoms with E-state index in [1.54, 1.807) is 91.0 Å². The molecule has 1 aliphatic heterocycles. The first kappa shape index (κ1) is 27.0. The highest BCUT2D eigenvalue weighted by Crippen LogP contribution is 2.37. The average Bonchev–Trinajstić information content (AvgIpc) is 3.62. The molecule has 0 bridgehead atoms. The summed E-state index contributed by atoms with van der Waals surface area (Å²) in [6.07, 6.45) is -2.16. The molecular weight excluding hydrogens is 534 g/mol. The van der Waals surface area contributed by atoms with Gasteiger partial charge in [0.15, 0.2) is 18.4 Å². The maximum Gasteiger partial charge on any atom is 0.338 e. The van der Waals surface area contributed by atoms with Crippen LogP contribution in [0, 0.1) is 0 Å². The van der Waals surface area contributed by atoms with Crippen molar-refractivity contribution in [3.63, 3.8) is 0 Å². The number of nitrogens with zero attached hydrogens (tertiary/aromatic N) is 1. The molecule has 6 rings (SSSR count). The van der Waals surface area contributed by atoms with Crippen molar-refractivity contribution in [2.24, 2.45) is 0 Å². The molecule has 0 radical (unpaired) electrons. The van der Waals surface area contributed by atoms with Crippen molar-refractivity contribution < 1.29 is 33.3 Å². The summed E-state index contributed by atoms with van der Waals surface area (Å²) in [6.45, 7) is -0.241. The molecule has 1 saturated heterocycles. The van der Waals surface area contributed by atoms with Gasteiger partial charge in [-0.15, -0.1) is 0 Å². The van der Waals surface area contributed by atoms with Gasteiger partial charge in [-0.3, -0.25) is 0 Å². The van der Waals surface area contributed by atoms with Crippen LogP contribution in [0.5, 0.6) is 0 Å². The van der Waals surface area contributed by atoms with Crippen LogP contribution in [-0.4, -0.2) is 47.4 Å². The normalized spacial score (nSPS) is 19.7. The number of aromatic nitrogens is 1. The van der Waals surface area contributed by atoms with Crippen molar-refractivity contribution in [3.8, 4) is 0 Å². The molecule has 0 N–H and O–H groups in total. The third kappa shape index (κ3) is 5.66. The number of hydrogen-bond acceptors (Lipinski definition) is 7. The molecule has 2 heterocycles. The van der Waals surface area contributed by atoms with Crippen molar-refractivity contribution >= 4 is 28.8 Å². The second kappa shape index (κ2) is 12.1. The van der Waals surface area contributed by atoms with E-state index < -0.39 is 42.4 Å². The molecule has 4 atom stereocenters. The largest absolute Gasteiger partial charge is 0.459 e. The van der Waals surface area contributed by atoms with Crippen molar-refractivity contribution in [3.05, 3.63) is 144 Å². The molecule has 1 fully saturated rings. The second-order valence-corrected chi connectivity index (χ2v) is 9.78. The van der Waals surface area contributed by atoms with E-state index in [2.05, 4.69) is 0 Å². The van der Waals surface area contributed by atoms with Crippen LogP contribution in [0.4, 0.5) is 0 Å². The van der Waals surface area contributed by atoms with Crippen LogP contribution < -0.4 is 0 Å². The van der Waals surface area contributed by atoms with E-state index in [0.717, 1.165) is 10.9 Å². The lowest BCUT2D eigenvalue weighted by Gasteiger charge is -2.25. The van der Waals surface area contributed by atoms with E-state index >= 15 is 0 Å². The number of benzene rings is 4. The van der Waals surface area contributed by atoms with Gasteiger partial charge in [0.1, 0.15) is 12.7 Å². The van der Waals surface area contributed by atoms with Gasteiger partial charge >= 0.3 is 17.9 Å². The molecule has 8 nitrogen and oxygen atoms in total. The first-order valence-corrected chi connectivity index (χ1v) is 13.5. The first-order valence-electron chi connectivity index (χ1n) is 13.5. The molecule has 42 heavy (non-hydrogen) atoms. The van der Waals surface area contributed by atoms with E-state index in [1.807, 2.05) is 41.1 Å². The highest BCUT2D eigenvalue weighted by molar-refractivity contribution is 5.91. The SMILES string of the molecule is O=C(OC[C@H]1O[C@@H](n2ccc3ccccc32)[C@H](OC(=O)c2ccccc2)[C@@H]1OC(=O)c1ccccc1)c1ccccc1. The minimum absolute atomic E-state index is 0.241. The fourth-order valence-electron chi connectivity index (χ4n) is 5.01. The van der Waals surface area contributed by atoms with Gasteiger partial charge in [0.05, 0.1) is 22.2 Å². The molecule has 0 spiro atoms. The van der Waals surface area contributed by atoms with Gasteiger partial charge in [-0.05, 0) is 53.9 Å². The summed E-state index contributed by atoms with van der Waals surface area (Å²) < 4.78 is 25.9. The quantitative estimate of drug-likeness (QED) is 0.173. The van der Waals surface area contributed by atoms with Crippen LogP contribution in [0.1, 0.15) is 37.3 Å². The van der Waals surface area contributed by atoms with Crippen LogP contribution in [0.15, 0.2) is 128 Å². The lowest BCUT2D eigenvalue weighted by Crippen LogP contribution is -2.41. The monoisotopic (exact) mass is 561 g/mol. The van der Waals surface area contributed by atoms with Gasteiger partial charge in [0.25, 0.3) is 0 Å². The van der Waals surface area contributed by atoms with Gasteiger partial charge in [-0.25, -0.2) is 14.4 Å². The molecule has 0 saturated carbocycles. The van der Waals surface area contributed by atoms with Gasteiger partial charge in [0, 0.05) is 6.20 Å². The summed E-state index contributed by atoms with van der Waals surface area (Å²) in [4.78, 5) is 39.4. The minimum Gasteiger partial charge on any atom is -0.459 e. The number of rotatable bonds is 8. The van der Waals surface area contributed by atoms with Crippen molar-refractivity contribution in [2.75, 3.05) is 6.61 Å². The zero-order valence-electron chi connectivity index (χ0n) is 22.4. The molecule has 210 valence electrons. The van der Waals surface area contributed by atoms with E-state index in [4.69, 9.17) is 18.9 Å². The molecule has 8 heteroatoms. The van der Waals surface area contributed by atoms with Crippen LogP contribution in [0.3, 0.4) is 0 Å². The molecule has 5 aromatic rings. The summed E-state index contributed by atoms with van der Waals surface area (Å²) in [5.74, 6) is -1.78. The summed E-state index contributed by atoms with van der Waals surface area (Å²) in [6, 6.07) is 35.2. The summed E-state index contributed by atoms with van der Waals surface area (Å²) in [7, 11) is 0. The maximum atomic E-state index is 13.3. The number of ether oxygens (including phenoxy) is 4. The molecule has 0 aliphatic carbocycles. The van der Waals surface area contributed by atoms with E-state index in [0.29, 0.717) is 16.7 Å². The molecular formula is C34H27NO7. The van der Waals surface area contributed by atoms with Crippen LogP contribution in [-0.2, 0) is 18.9 Å². The summed E-state index contributed by atoms with van der Waals surface area (Å²) in [5, 5.41) is 0.950. The predicted octanol–water partition coefficient (Wildman–Crippen LogP) is 5.85. The molecule has 1 aromatic heterocycles. The van der Waals surface area contributed by atoms with Crippen molar-refractivity contribution in [1.82, 2.24) is 4.57 Å². The van der Waals surface area contributed by atoms with Gasteiger partial charge in [-0.2, -0.15) is 0 Å². The number of hydrogen-bond donors (Lipinski definition) is 0. The zero-order valence-corrected chi connectivity index (χ0v) is 22.4. The lowest BCUT2D eigenvalue weighted by molar-refractivity contribution is -0.0602. The highest BCUT2D eigenvalue weighted by Gasteiger charge is 2.51. The lowest BCUT2D eigenvalue weighted by atomic mass is 10.1. The average molecular weight is 562 g/mol. The van der Waals surface area contributed by atoms with Crippen LogP contribution >= 0.6 is 0 Å². The highest BCUT2D eigenvalue weighted by atomic mass is 16.7. The Bertz CT molecular complexity index is 1680. The Morgan fingerprint density at radius 1 is 0.595 bits per heavy atom. The smallest absolute Gasteiger partial charge is 0.338 e. The molecule has 0 unspecified atom stereocenters.